The molecule has 0 aliphatic rings. The monoisotopic (exact) mass is 687 g/mol. The quantitative estimate of drug-likeness (QED) is 0.0476. The lowest BCUT2D eigenvalue weighted by Crippen LogP contribution is -2.68. The Bertz CT molecular complexity index is 534. The van der Waals surface area contributed by atoms with Crippen LogP contribution in [0.15, 0.2) is 0 Å². The molecule has 278 valence electrons. The molecule has 0 atom stereocenters. The Morgan fingerprint density at radius 2 is 0.391 bits per heavy atom. The van der Waals surface area contributed by atoms with E-state index in [4.69, 9.17) is 17.7 Å². The first-order valence-electron chi connectivity index (χ1n) is 20.8. The van der Waals surface area contributed by atoms with Gasteiger partial charge >= 0.3 is 16.2 Å². The van der Waals surface area contributed by atoms with Crippen molar-refractivity contribution < 1.29 is 17.7 Å². The molecule has 0 N–H and O–H groups in total. The topological polar surface area (TPSA) is 36.9 Å². The first kappa shape index (κ1) is 46.3. The Morgan fingerprint density at radius 1 is 0.239 bits per heavy atom. The van der Waals surface area contributed by atoms with E-state index in [1.54, 1.807) is 0 Å². The van der Waals surface area contributed by atoms with Crippen molar-refractivity contribution in [3.63, 3.8) is 0 Å². The van der Waals surface area contributed by atoms with Gasteiger partial charge in [0.05, 0.1) is 0 Å². The van der Waals surface area contributed by atoms with E-state index in [0.717, 1.165) is 24.9 Å². The van der Waals surface area contributed by atoms with Gasteiger partial charge in [0.15, 0.2) is 0 Å². The lowest BCUT2D eigenvalue weighted by atomic mass is 10.0. The van der Waals surface area contributed by atoms with Gasteiger partial charge in [-0.15, -0.1) is 0 Å². The minimum atomic E-state index is -2.54. The van der Waals surface area contributed by atoms with Gasteiger partial charge in [-0.3, -0.25) is 0 Å². The number of rotatable bonds is 39. The molecule has 6 heteroatoms. The molecule has 0 aliphatic carbocycles. The van der Waals surface area contributed by atoms with Gasteiger partial charge in [-0.05, 0) is 12.1 Å². The van der Waals surface area contributed by atoms with Crippen LogP contribution in [-0.2, 0) is 17.7 Å². The standard InChI is InChI=1S/C40H86O4Si2/c1-7-9-11-13-15-17-19-21-23-25-27-29-31-33-35-37-39-45(41-3,42-4)46(43-5,44-6)40-38-36-34-32-30-28-26-24-22-20-18-16-14-12-10-8-2/h7-40H2,1-6H3. The van der Waals surface area contributed by atoms with Crippen LogP contribution in [0.4, 0.5) is 0 Å². The Hall–Kier alpha value is 0.274. The summed E-state index contributed by atoms with van der Waals surface area (Å²) in [6.07, 6.45) is 44.5. The smallest absolute Gasteiger partial charge is 0.384 e. The van der Waals surface area contributed by atoms with E-state index < -0.39 is 16.2 Å². The first-order valence-corrected chi connectivity index (χ1v) is 25.9. The number of unbranched alkanes of at least 4 members (excludes halogenated alkanes) is 30. The van der Waals surface area contributed by atoms with E-state index in [0.29, 0.717) is 0 Å². The van der Waals surface area contributed by atoms with Crippen LogP contribution in [0.1, 0.15) is 219 Å². The molecule has 0 aromatic carbocycles. The molecule has 0 heterocycles. The number of hydrogen-bond donors (Lipinski definition) is 0. The predicted molar refractivity (Wildman–Crippen MR) is 208 cm³/mol. The van der Waals surface area contributed by atoms with Gasteiger partial charge in [0, 0.05) is 28.4 Å². The van der Waals surface area contributed by atoms with Gasteiger partial charge in [0.1, 0.15) is 0 Å². The first-order chi connectivity index (χ1) is 22.6. The summed E-state index contributed by atoms with van der Waals surface area (Å²) >= 11 is 0. The lowest BCUT2D eigenvalue weighted by Gasteiger charge is -2.41. The zero-order chi connectivity index (χ0) is 33.9. The van der Waals surface area contributed by atoms with Crippen molar-refractivity contribution in [2.45, 2.75) is 231 Å². The van der Waals surface area contributed by atoms with Crippen LogP contribution >= 0.6 is 0 Å². The minimum absolute atomic E-state index is 0.991. The summed E-state index contributed by atoms with van der Waals surface area (Å²) in [6.45, 7) is 4.60. The normalized spacial score (nSPS) is 12.4. The highest BCUT2D eigenvalue weighted by Crippen LogP contribution is 2.33. The Labute approximate surface area is 292 Å². The average Bonchev–Trinajstić information content (AvgIpc) is 3.08. The van der Waals surface area contributed by atoms with E-state index in [1.165, 1.54) is 193 Å². The van der Waals surface area contributed by atoms with Crippen LogP contribution in [0, 0.1) is 0 Å². The Balaban J connectivity index is 4.02. The van der Waals surface area contributed by atoms with Crippen LogP contribution in [0.25, 0.3) is 0 Å². The fraction of sp³-hybridized carbons (Fsp3) is 1.00. The van der Waals surface area contributed by atoms with E-state index in [1.807, 2.05) is 28.4 Å². The second kappa shape index (κ2) is 35.1. The van der Waals surface area contributed by atoms with Gasteiger partial charge in [0.2, 0.25) is 0 Å². The summed E-state index contributed by atoms with van der Waals surface area (Å²) in [5.74, 6) is 0. The molecule has 46 heavy (non-hydrogen) atoms. The lowest BCUT2D eigenvalue weighted by molar-refractivity contribution is 0.198. The Morgan fingerprint density at radius 3 is 0.543 bits per heavy atom. The Kier molecular flexibility index (Phi) is 35.3. The summed E-state index contributed by atoms with van der Waals surface area (Å²) < 4.78 is 25.1. The van der Waals surface area contributed by atoms with Crippen LogP contribution in [0.2, 0.25) is 12.1 Å². The van der Waals surface area contributed by atoms with Crippen molar-refractivity contribution in [1.29, 1.82) is 0 Å². The molecular weight excluding hydrogens is 601 g/mol. The third kappa shape index (κ3) is 23.6. The molecule has 0 unspecified atom stereocenters. The summed E-state index contributed by atoms with van der Waals surface area (Å²) in [5.41, 5.74) is 0. The molecule has 0 rings (SSSR count). The van der Waals surface area contributed by atoms with Crippen molar-refractivity contribution in [2.75, 3.05) is 28.4 Å². The molecular formula is C40H86O4Si2. The van der Waals surface area contributed by atoms with Gasteiger partial charge in [-0.25, -0.2) is 0 Å². The van der Waals surface area contributed by atoms with Crippen LogP contribution in [-0.4, -0.2) is 44.6 Å². The van der Waals surface area contributed by atoms with E-state index >= 15 is 0 Å². The van der Waals surface area contributed by atoms with Crippen molar-refractivity contribution in [3.8, 4) is 0 Å². The maximum absolute atomic E-state index is 6.27. The fourth-order valence-corrected chi connectivity index (χ4v) is 19.1. The van der Waals surface area contributed by atoms with Crippen LogP contribution < -0.4 is 0 Å². The largest absolute Gasteiger partial charge is 0.397 e. The second-order valence-corrected chi connectivity index (χ2v) is 24.6. The number of hydrogen-bond acceptors (Lipinski definition) is 4. The summed E-state index contributed by atoms with van der Waals surface area (Å²) in [7, 11) is 2.28. The molecule has 0 radical (unpaired) electrons. The molecule has 0 spiro atoms. The second-order valence-electron chi connectivity index (χ2n) is 14.4. The van der Waals surface area contributed by atoms with Crippen LogP contribution in [0.5, 0.6) is 0 Å². The van der Waals surface area contributed by atoms with Gasteiger partial charge in [-0.1, -0.05) is 219 Å². The molecule has 4 nitrogen and oxygen atoms in total. The summed E-state index contributed by atoms with van der Waals surface area (Å²) in [6, 6.07) is 1.98. The molecule has 0 bridgehead atoms. The molecule has 0 amide bonds. The highest BCUT2D eigenvalue weighted by atomic mass is 29.3. The third-order valence-electron chi connectivity index (χ3n) is 10.6. The predicted octanol–water partition coefficient (Wildman–Crippen LogP) is 14.1. The van der Waals surface area contributed by atoms with E-state index in [-0.39, 0.29) is 0 Å². The zero-order valence-electron chi connectivity index (χ0n) is 32.7. The third-order valence-corrected chi connectivity index (χ3v) is 23.9. The maximum atomic E-state index is 6.27. The van der Waals surface area contributed by atoms with Crippen molar-refractivity contribution in [3.05, 3.63) is 0 Å². The molecule has 0 aliphatic heterocycles. The molecule has 0 saturated heterocycles. The highest BCUT2D eigenvalue weighted by Gasteiger charge is 2.62. The van der Waals surface area contributed by atoms with E-state index in [9.17, 15) is 0 Å². The molecule has 0 aromatic heterocycles. The molecule has 0 saturated carbocycles. The summed E-state index contributed by atoms with van der Waals surface area (Å²) in [4.78, 5) is 0. The SMILES string of the molecule is CCCCCCCCCCCCCCCCCC[Si](OC)(OC)[Si](CCCCCCCCCCCCCCCCCC)(OC)OC. The molecule has 0 aromatic rings. The zero-order valence-corrected chi connectivity index (χ0v) is 34.7. The highest BCUT2D eigenvalue weighted by molar-refractivity contribution is 7.32. The van der Waals surface area contributed by atoms with Gasteiger partial charge in [-0.2, -0.15) is 0 Å². The minimum Gasteiger partial charge on any atom is -0.397 e. The summed E-state index contributed by atoms with van der Waals surface area (Å²) in [5, 5.41) is 0. The van der Waals surface area contributed by atoms with Crippen LogP contribution in [0.3, 0.4) is 0 Å². The fourth-order valence-electron chi connectivity index (χ4n) is 7.39. The average molecular weight is 687 g/mol. The van der Waals surface area contributed by atoms with Crippen molar-refractivity contribution in [1.82, 2.24) is 0 Å². The molecule has 0 fully saturated rings. The van der Waals surface area contributed by atoms with Gasteiger partial charge in [0.25, 0.3) is 0 Å². The van der Waals surface area contributed by atoms with Gasteiger partial charge < -0.3 is 17.7 Å². The van der Waals surface area contributed by atoms with Crippen molar-refractivity contribution >= 4 is 16.2 Å². The van der Waals surface area contributed by atoms with E-state index in [2.05, 4.69) is 13.8 Å². The maximum Gasteiger partial charge on any atom is 0.384 e. The van der Waals surface area contributed by atoms with Crippen molar-refractivity contribution in [2.24, 2.45) is 0 Å².